The fourth-order valence-corrected chi connectivity index (χ4v) is 4.31. The molecule has 5 rings (SSSR count). The molecule has 0 spiro atoms. The number of rotatable bonds is 5. The number of carbonyl (C=O) groups is 2. The molecule has 0 unspecified atom stereocenters. The van der Waals surface area contributed by atoms with Gasteiger partial charge in [-0.25, -0.2) is 0 Å². The predicted molar refractivity (Wildman–Crippen MR) is 121 cm³/mol. The Kier molecular flexibility index (Phi) is 5.25. The monoisotopic (exact) mass is 430 g/mol. The van der Waals surface area contributed by atoms with Crippen LogP contribution in [0.4, 0.5) is 11.4 Å². The first-order chi connectivity index (χ1) is 15.5. The van der Waals surface area contributed by atoms with Crippen molar-refractivity contribution in [1.29, 1.82) is 0 Å². The molecule has 0 bridgehead atoms. The Balaban J connectivity index is 1.30. The van der Waals surface area contributed by atoms with E-state index in [-0.39, 0.29) is 18.2 Å². The van der Waals surface area contributed by atoms with Crippen LogP contribution in [0.1, 0.15) is 48.6 Å². The van der Waals surface area contributed by atoms with Crippen molar-refractivity contribution >= 4 is 23.2 Å². The van der Waals surface area contributed by atoms with Crippen LogP contribution >= 0.6 is 0 Å². The summed E-state index contributed by atoms with van der Waals surface area (Å²) < 4.78 is 5.44. The normalized spacial score (nSPS) is 18.6. The quantitative estimate of drug-likeness (QED) is 0.638. The number of nitrogens with one attached hydrogen (secondary N) is 1. The number of hydrogen-bond acceptors (Lipinski definition) is 5. The summed E-state index contributed by atoms with van der Waals surface area (Å²) in [5.41, 5.74) is 4.47. The van der Waals surface area contributed by atoms with E-state index in [9.17, 15) is 9.59 Å². The standard InChI is InChI=1S/C25H26N4O3/c1-15-9-10-21(16(2)11-15)26-24(31)19-13-22(30)29(14-19)20-8-4-7-18(12-20)23-27-25(32-28-23)17-5-3-6-17/h4,7-12,17,19H,3,5-6,13-14H2,1-2H3,(H,26,31)/t19-/m0/s1. The van der Waals surface area contributed by atoms with E-state index in [2.05, 4.69) is 15.5 Å². The molecule has 164 valence electrons. The lowest BCUT2D eigenvalue weighted by molar-refractivity contribution is -0.122. The van der Waals surface area contributed by atoms with Crippen LogP contribution in [0.25, 0.3) is 11.4 Å². The lowest BCUT2D eigenvalue weighted by atomic mass is 9.85. The first kappa shape index (κ1) is 20.4. The Labute approximate surface area is 186 Å². The number of benzene rings is 2. The largest absolute Gasteiger partial charge is 0.339 e. The summed E-state index contributed by atoms with van der Waals surface area (Å²) in [6, 6.07) is 13.4. The molecule has 1 aliphatic carbocycles. The summed E-state index contributed by atoms with van der Waals surface area (Å²) in [5, 5.41) is 7.11. The van der Waals surface area contributed by atoms with E-state index in [1.807, 2.05) is 56.3 Å². The van der Waals surface area contributed by atoms with Gasteiger partial charge in [0.05, 0.1) is 5.92 Å². The van der Waals surface area contributed by atoms with Gasteiger partial charge in [0.2, 0.25) is 23.5 Å². The Morgan fingerprint density at radius 2 is 2.00 bits per heavy atom. The molecule has 2 heterocycles. The highest BCUT2D eigenvalue weighted by molar-refractivity contribution is 6.03. The predicted octanol–water partition coefficient (Wildman–Crippen LogP) is 4.61. The minimum Gasteiger partial charge on any atom is -0.339 e. The van der Waals surface area contributed by atoms with Gasteiger partial charge in [-0.15, -0.1) is 0 Å². The van der Waals surface area contributed by atoms with Crippen molar-refractivity contribution in [2.45, 2.75) is 45.4 Å². The van der Waals surface area contributed by atoms with Crippen LogP contribution in [0.2, 0.25) is 0 Å². The number of aryl methyl sites for hydroxylation is 2. The van der Waals surface area contributed by atoms with Crippen LogP contribution < -0.4 is 10.2 Å². The topological polar surface area (TPSA) is 88.3 Å². The molecule has 0 radical (unpaired) electrons. The molecular formula is C25H26N4O3. The van der Waals surface area contributed by atoms with Crippen molar-refractivity contribution in [3.8, 4) is 11.4 Å². The van der Waals surface area contributed by atoms with Gasteiger partial charge in [-0.3, -0.25) is 9.59 Å². The third-order valence-corrected chi connectivity index (χ3v) is 6.45. The van der Waals surface area contributed by atoms with E-state index in [0.29, 0.717) is 24.2 Å². The summed E-state index contributed by atoms with van der Waals surface area (Å²) in [4.78, 5) is 31.8. The fourth-order valence-electron chi connectivity index (χ4n) is 4.31. The van der Waals surface area contributed by atoms with E-state index in [1.165, 1.54) is 6.42 Å². The van der Waals surface area contributed by atoms with Crippen LogP contribution in [0, 0.1) is 19.8 Å². The summed E-state index contributed by atoms with van der Waals surface area (Å²) >= 11 is 0. The second kappa shape index (κ2) is 8.22. The molecule has 1 aromatic heterocycles. The van der Waals surface area contributed by atoms with E-state index in [1.54, 1.807) is 4.90 Å². The number of carbonyl (C=O) groups excluding carboxylic acids is 2. The van der Waals surface area contributed by atoms with Crippen molar-refractivity contribution in [2.24, 2.45) is 5.92 Å². The first-order valence-electron chi connectivity index (χ1n) is 11.1. The van der Waals surface area contributed by atoms with Gasteiger partial charge in [0, 0.05) is 35.8 Å². The van der Waals surface area contributed by atoms with Crippen LogP contribution in [-0.2, 0) is 9.59 Å². The molecule has 2 aromatic carbocycles. The molecule has 2 fully saturated rings. The van der Waals surface area contributed by atoms with Gasteiger partial charge in [-0.1, -0.05) is 41.4 Å². The highest BCUT2D eigenvalue weighted by atomic mass is 16.5. The Bertz CT molecular complexity index is 1180. The van der Waals surface area contributed by atoms with Gasteiger partial charge in [-0.2, -0.15) is 4.98 Å². The Hall–Kier alpha value is -3.48. The maximum Gasteiger partial charge on any atom is 0.230 e. The SMILES string of the molecule is Cc1ccc(NC(=O)[C@H]2CC(=O)N(c3cccc(-c4noc(C5CCC5)n4)c3)C2)c(C)c1. The molecule has 1 saturated carbocycles. The summed E-state index contributed by atoms with van der Waals surface area (Å²) in [5.74, 6) is 0.998. The Morgan fingerprint density at radius 1 is 1.16 bits per heavy atom. The minimum absolute atomic E-state index is 0.0637. The molecule has 1 N–H and O–H groups in total. The Morgan fingerprint density at radius 3 is 2.75 bits per heavy atom. The van der Waals surface area contributed by atoms with Gasteiger partial charge in [-0.05, 0) is 50.5 Å². The zero-order valence-corrected chi connectivity index (χ0v) is 18.3. The third kappa shape index (κ3) is 3.90. The molecule has 1 aliphatic heterocycles. The molecule has 3 aromatic rings. The highest BCUT2D eigenvalue weighted by Gasteiger charge is 2.35. The van der Waals surface area contributed by atoms with E-state index >= 15 is 0 Å². The van der Waals surface area contributed by atoms with Crippen LogP contribution in [-0.4, -0.2) is 28.5 Å². The van der Waals surface area contributed by atoms with Crippen molar-refractivity contribution in [2.75, 3.05) is 16.8 Å². The van der Waals surface area contributed by atoms with Crippen LogP contribution in [0.3, 0.4) is 0 Å². The van der Waals surface area contributed by atoms with Gasteiger partial charge >= 0.3 is 0 Å². The maximum atomic E-state index is 12.8. The van der Waals surface area contributed by atoms with Gasteiger partial charge in [0.15, 0.2) is 0 Å². The lowest BCUT2D eigenvalue weighted by Crippen LogP contribution is -2.28. The molecule has 1 saturated heterocycles. The van der Waals surface area contributed by atoms with Crippen molar-refractivity contribution < 1.29 is 14.1 Å². The highest BCUT2D eigenvalue weighted by Crippen LogP contribution is 2.36. The number of aromatic nitrogens is 2. The summed E-state index contributed by atoms with van der Waals surface area (Å²) in [7, 11) is 0. The molecule has 1 atom stereocenters. The molecule has 2 aliphatic rings. The number of nitrogens with zero attached hydrogens (tertiary/aromatic N) is 3. The average Bonchev–Trinajstić information content (AvgIpc) is 3.36. The zero-order chi connectivity index (χ0) is 22.2. The van der Waals surface area contributed by atoms with Gasteiger partial charge < -0.3 is 14.7 Å². The second-order valence-corrected chi connectivity index (χ2v) is 8.85. The lowest BCUT2D eigenvalue weighted by Gasteiger charge is -2.20. The molecule has 2 amide bonds. The van der Waals surface area contributed by atoms with Crippen molar-refractivity contribution in [3.63, 3.8) is 0 Å². The fraction of sp³-hybridized carbons (Fsp3) is 0.360. The average molecular weight is 431 g/mol. The maximum absolute atomic E-state index is 12.8. The molecule has 7 heteroatoms. The van der Waals surface area contributed by atoms with Crippen LogP contribution in [0.5, 0.6) is 0 Å². The third-order valence-electron chi connectivity index (χ3n) is 6.45. The van der Waals surface area contributed by atoms with Gasteiger partial charge in [0.25, 0.3) is 0 Å². The smallest absolute Gasteiger partial charge is 0.230 e. The van der Waals surface area contributed by atoms with E-state index < -0.39 is 5.92 Å². The van der Waals surface area contributed by atoms with Gasteiger partial charge in [0.1, 0.15) is 0 Å². The molecular weight excluding hydrogens is 404 g/mol. The first-order valence-corrected chi connectivity index (χ1v) is 11.1. The van der Waals surface area contributed by atoms with E-state index in [4.69, 9.17) is 4.52 Å². The number of anilines is 2. The second-order valence-electron chi connectivity index (χ2n) is 8.85. The van der Waals surface area contributed by atoms with Crippen LogP contribution in [0.15, 0.2) is 47.0 Å². The minimum atomic E-state index is -0.401. The number of hydrogen-bond donors (Lipinski definition) is 1. The summed E-state index contributed by atoms with van der Waals surface area (Å²) in [6.07, 6.45) is 3.58. The van der Waals surface area contributed by atoms with Crippen molar-refractivity contribution in [1.82, 2.24) is 10.1 Å². The summed E-state index contributed by atoms with van der Waals surface area (Å²) in [6.45, 7) is 4.33. The zero-order valence-electron chi connectivity index (χ0n) is 18.3. The van der Waals surface area contributed by atoms with Crippen molar-refractivity contribution in [3.05, 3.63) is 59.5 Å². The molecule has 32 heavy (non-hydrogen) atoms. The molecule has 7 nitrogen and oxygen atoms in total. The van der Waals surface area contributed by atoms with E-state index in [0.717, 1.165) is 40.9 Å². The number of amides is 2.